The number of fused-ring (bicyclic) bond motifs is 3. The van der Waals surface area contributed by atoms with Gasteiger partial charge in [0.15, 0.2) is 11.1 Å². The van der Waals surface area contributed by atoms with Crippen LogP contribution in [0.4, 0.5) is 10.8 Å². The van der Waals surface area contributed by atoms with Gasteiger partial charge in [0, 0.05) is 31.9 Å². The molecule has 3 aliphatic rings. The van der Waals surface area contributed by atoms with Crippen molar-refractivity contribution in [1.82, 2.24) is 19.7 Å². The summed E-state index contributed by atoms with van der Waals surface area (Å²) in [6, 6.07) is 5.54. The van der Waals surface area contributed by atoms with Crippen LogP contribution in [0, 0.1) is 0 Å². The molecule has 2 bridgehead atoms. The monoisotopic (exact) mass is 355 g/mol. The number of piperazine rings is 1. The quantitative estimate of drug-likeness (QED) is 0.722. The zero-order valence-corrected chi connectivity index (χ0v) is 14.0. The number of phenols is 1. The highest BCUT2D eigenvalue weighted by atomic mass is 16.4. The fourth-order valence-corrected chi connectivity index (χ4v) is 3.96. The summed E-state index contributed by atoms with van der Waals surface area (Å²) in [5.74, 6) is 0.0454. The van der Waals surface area contributed by atoms with Crippen molar-refractivity contribution in [3.8, 4) is 17.0 Å². The molecule has 2 aromatic heterocycles. The van der Waals surface area contributed by atoms with Gasteiger partial charge < -0.3 is 19.5 Å². The molecule has 9 nitrogen and oxygen atoms in total. The molecule has 2 N–H and O–H groups in total. The summed E-state index contributed by atoms with van der Waals surface area (Å²) in [6.07, 6.45) is 1.83. The molecule has 26 heavy (non-hydrogen) atoms. The number of nitrogens with zero attached hydrogens (tertiary/aromatic N) is 5. The zero-order chi connectivity index (χ0) is 18.0. The minimum absolute atomic E-state index is 0.0369. The molecule has 9 heteroatoms. The number of carboxylic acid groups (broad SMARTS) is 1. The van der Waals surface area contributed by atoms with E-state index in [1.165, 1.54) is 4.90 Å². The number of piperidine rings is 1. The number of carbonyl (C=O) groups is 1. The van der Waals surface area contributed by atoms with Crippen molar-refractivity contribution >= 4 is 23.2 Å². The molecule has 134 valence electrons. The van der Waals surface area contributed by atoms with Crippen molar-refractivity contribution in [2.24, 2.45) is 7.05 Å². The van der Waals surface area contributed by atoms with E-state index in [1.807, 2.05) is 24.2 Å². The Morgan fingerprint density at radius 3 is 2.69 bits per heavy atom. The predicted molar refractivity (Wildman–Crippen MR) is 92.1 cm³/mol. The summed E-state index contributed by atoms with van der Waals surface area (Å²) >= 11 is 0. The Morgan fingerprint density at radius 1 is 1.27 bits per heavy atom. The number of aryl methyl sites for hydroxylation is 1. The number of hydrogen-bond donors (Lipinski definition) is 2. The van der Waals surface area contributed by atoms with E-state index in [2.05, 4.69) is 10.1 Å². The van der Waals surface area contributed by atoms with Gasteiger partial charge in [0.1, 0.15) is 5.75 Å². The van der Waals surface area contributed by atoms with Crippen LogP contribution in [0.15, 0.2) is 28.8 Å². The maximum Gasteiger partial charge on any atom is 0.407 e. The largest absolute Gasteiger partial charge is 0.506 e. The molecule has 2 unspecified atom stereocenters. The number of aromatic nitrogens is 3. The fraction of sp³-hybridized carbons (Fsp3) is 0.353. The molecule has 5 heterocycles. The summed E-state index contributed by atoms with van der Waals surface area (Å²) in [4.78, 5) is 19.2. The van der Waals surface area contributed by atoms with E-state index >= 15 is 0 Å². The van der Waals surface area contributed by atoms with E-state index in [1.54, 1.807) is 16.8 Å². The Labute approximate surface area is 148 Å². The molecule has 0 radical (unpaired) electrons. The predicted octanol–water partition coefficient (Wildman–Crippen LogP) is 1.87. The summed E-state index contributed by atoms with van der Waals surface area (Å²) < 4.78 is 7.69. The summed E-state index contributed by atoms with van der Waals surface area (Å²) in [6.45, 7) is 1.07. The highest BCUT2D eigenvalue weighted by Gasteiger charge is 2.48. The van der Waals surface area contributed by atoms with E-state index in [-0.39, 0.29) is 17.8 Å². The summed E-state index contributed by atoms with van der Waals surface area (Å²) in [7, 11) is 1.83. The molecule has 1 aromatic carbocycles. The minimum Gasteiger partial charge on any atom is -0.506 e. The minimum atomic E-state index is -0.876. The van der Waals surface area contributed by atoms with Crippen molar-refractivity contribution in [3.63, 3.8) is 0 Å². The molecule has 6 rings (SSSR count). The van der Waals surface area contributed by atoms with Crippen molar-refractivity contribution < 1.29 is 19.4 Å². The van der Waals surface area contributed by atoms with E-state index < -0.39 is 6.09 Å². The van der Waals surface area contributed by atoms with E-state index in [0.29, 0.717) is 30.2 Å². The second-order valence-electron chi connectivity index (χ2n) is 6.82. The van der Waals surface area contributed by atoms with Crippen LogP contribution in [-0.4, -0.2) is 61.1 Å². The summed E-state index contributed by atoms with van der Waals surface area (Å²) in [5, 5.41) is 23.8. The fourth-order valence-electron chi connectivity index (χ4n) is 3.96. The van der Waals surface area contributed by atoms with Crippen molar-refractivity contribution in [2.45, 2.75) is 18.5 Å². The van der Waals surface area contributed by atoms with Gasteiger partial charge in [0.05, 0.1) is 17.8 Å². The average Bonchev–Trinajstić information content (AvgIpc) is 3.22. The third-order valence-corrected chi connectivity index (χ3v) is 5.19. The van der Waals surface area contributed by atoms with Crippen LogP contribution < -0.4 is 4.90 Å². The molecule has 3 aromatic rings. The number of benzene rings is 1. The second-order valence-corrected chi connectivity index (χ2v) is 6.82. The van der Waals surface area contributed by atoms with Crippen LogP contribution in [0.5, 0.6) is 5.75 Å². The number of amides is 1. The Hall–Kier alpha value is -3.23. The SMILES string of the molecule is Cn1ccc(-c2ccc(O)c3nc(N4CC5CC(C4)N5C(=O)O)oc23)n1. The molecular formula is C17H17N5O4. The van der Waals surface area contributed by atoms with Gasteiger partial charge in [-0.05, 0) is 24.6 Å². The normalized spacial score (nSPS) is 21.9. The highest BCUT2D eigenvalue weighted by molar-refractivity contribution is 5.93. The van der Waals surface area contributed by atoms with Crippen LogP contribution in [0.3, 0.4) is 0 Å². The Balaban J connectivity index is 1.53. The van der Waals surface area contributed by atoms with Gasteiger partial charge in [0.2, 0.25) is 0 Å². The van der Waals surface area contributed by atoms with Gasteiger partial charge in [0.25, 0.3) is 6.01 Å². The summed E-state index contributed by atoms with van der Waals surface area (Å²) in [5.41, 5.74) is 2.36. The standard InChI is InChI=1S/C17H17N5O4/c1-20-5-4-12(19-20)11-2-3-13(23)14-15(11)26-16(18-14)21-7-9-6-10(8-21)22(9)17(24)25/h2-5,9-10,23H,6-8H2,1H3,(H,24,25). The molecule has 0 saturated carbocycles. The Morgan fingerprint density at radius 2 is 2.04 bits per heavy atom. The van der Waals surface area contributed by atoms with Crippen LogP contribution in [-0.2, 0) is 7.05 Å². The smallest absolute Gasteiger partial charge is 0.407 e. The molecule has 3 fully saturated rings. The lowest BCUT2D eigenvalue weighted by molar-refractivity contribution is 0.0101. The number of rotatable bonds is 2. The third kappa shape index (κ3) is 2.06. The van der Waals surface area contributed by atoms with Crippen molar-refractivity contribution in [3.05, 3.63) is 24.4 Å². The molecule has 2 atom stereocenters. The zero-order valence-electron chi connectivity index (χ0n) is 14.0. The van der Waals surface area contributed by atoms with Crippen molar-refractivity contribution in [2.75, 3.05) is 18.0 Å². The molecular weight excluding hydrogens is 338 g/mol. The van der Waals surface area contributed by atoms with Gasteiger partial charge in [-0.3, -0.25) is 9.58 Å². The Bertz CT molecular complexity index is 1010. The molecule has 3 aliphatic heterocycles. The van der Waals surface area contributed by atoms with Crippen LogP contribution in [0.2, 0.25) is 0 Å². The van der Waals surface area contributed by atoms with Crippen LogP contribution >= 0.6 is 0 Å². The van der Waals surface area contributed by atoms with Gasteiger partial charge >= 0.3 is 6.09 Å². The first-order valence-electron chi connectivity index (χ1n) is 8.40. The number of phenolic OH excluding ortho intramolecular Hbond substituents is 1. The van der Waals surface area contributed by atoms with E-state index in [4.69, 9.17) is 4.42 Å². The first kappa shape index (κ1) is 15.1. The first-order valence-corrected chi connectivity index (χ1v) is 8.40. The third-order valence-electron chi connectivity index (χ3n) is 5.19. The number of aromatic hydroxyl groups is 1. The maximum atomic E-state index is 11.3. The van der Waals surface area contributed by atoms with E-state index in [0.717, 1.165) is 17.7 Å². The number of hydrogen-bond acceptors (Lipinski definition) is 6. The van der Waals surface area contributed by atoms with Crippen LogP contribution in [0.1, 0.15) is 6.42 Å². The number of anilines is 1. The second kappa shape index (κ2) is 5.13. The lowest BCUT2D eigenvalue weighted by Gasteiger charge is -2.54. The Kier molecular flexibility index (Phi) is 2.97. The lowest BCUT2D eigenvalue weighted by Crippen LogP contribution is -2.70. The van der Waals surface area contributed by atoms with Gasteiger partial charge in [-0.25, -0.2) is 4.79 Å². The topological polar surface area (TPSA) is 108 Å². The molecule has 3 saturated heterocycles. The highest BCUT2D eigenvalue weighted by Crippen LogP contribution is 2.39. The lowest BCUT2D eigenvalue weighted by atomic mass is 9.88. The average molecular weight is 355 g/mol. The van der Waals surface area contributed by atoms with Gasteiger partial charge in [-0.2, -0.15) is 10.1 Å². The van der Waals surface area contributed by atoms with Crippen molar-refractivity contribution in [1.29, 1.82) is 0 Å². The molecule has 1 amide bonds. The van der Waals surface area contributed by atoms with Gasteiger partial charge in [-0.15, -0.1) is 0 Å². The van der Waals surface area contributed by atoms with Crippen LogP contribution in [0.25, 0.3) is 22.4 Å². The van der Waals surface area contributed by atoms with Gasteiger partial charge in [-0.1, -0.05) is 0 Å². The molecule has 0 aliphatic carbocycles. The number of oxazole rings is 1. The maximum absolute atomic E-state index is 11.3. The molecule has 0 spiro atoms. The van der Waals surface area contributed by atoms with E-state index in [9.17, 15) is 15.0 Å². The first-order chi connectivity index (χ1) is 12.5.